The van der Waals surface area contributed by atoms with Crippen LogP contribution in [0, 0.1) is 13.8 Å². The zero-order valence-electron chi connectivity index (χ0n) is 23.1. The Morgan fingerprint density at radius 3 is 2.28 bits per heavy atom. The van der Waals surface area contributed by atoms with Gasteiger partial charge in [-0.15, -0.1) is 5.10 Å². The lowest BCUT2D eigenvalue weighted by atomic mass is 10.0. The minimum atomic E-state index is -1.05. The summed E-state index contributed by atoms with van der Waals surface area (Å²) >= 11 is 0. The first kappa shape index (κ1) is 27.3. The minimum absolute atomic E-state index is 0.0669. The van der Waals surface area contributed by atoms with E-state index in [1.54, 1.807) is 42.1 Å². The molecule has 0 saturated carbocycles. The van der Waals surface area contributed by atoms with Crippen molar-refractivity contribution in [3.05, 3.63) is 53.6 Å². The number of carboxylic acid groups (broad SMARTS) is 1. The normalized spacial score (nSPS) is 11.7. The summed E-state index contributed by atoms with van der Waals surface area (Å²) in [7, 11) is 8.64. The van der Waals surface area contributed by atoms with Gasteiger partial charge in [-0.25, -0.2) is 9.78 Å². The molecular weight excluding hydrogens is 500 g/mol. The van der Waals surface area contributed by atoms with Crippen LogP contribution in [0.1, 0.15) is 17.1 Å². The SMILES string of the molecule is COc1cccc(OC)c1-c1ccc(C[C@H](Nc2nc(N(C)C)ncc2-c2c(C)nn(C)c2C)C(=O)O)nn1. The van der Waals surface area contributed by atoms with Gasteiger partial charge in [-0.3, -0.25) is 4.68 Å². The summed E-state index contributed by atoms with van der Waals surface area (Å²) in [5, 5.41) is 26.4. The van der Waals surface area contributed by atoms with Crippen LogP contribution in [0.5, 0.6) is 11.5 Å². The second-order valence-electron chi connectivity index (χ2n) is 9.18. The van der Waals surface area contributed by atoms with E-state index in [2.05, 4.69) is 30.6 Å². The summed E-state index contributed by atoms with van der Waals surface area (Å²) in [6, 6.07) is 7.92. The summed E-state index contributed by atoms with van der Waals surface area (Å²) in [5.74, 6) is 0.969. The van der Waals surface area contributed by atoms with Crippen molar-refractivity contribution in [3.63, 3.8) is 0 Å². The van der Waals surface area contributed by atoms with E-state index in [0.29, 0.717) is 45.8 Å². The van der Waals surface area contributed by atoms with Crippen molar-refractivity contribution in [1.29, 1.82) is 0 Å². The Hall–Kier alpha value is -4.74. The fourth-order valence-electron chi connectivity index (χ4n) is 4.32. The predicted molar refractivity (Wildman–Crippen MR) is 147 cm³/mol. The summed E-state index contributed by atoms with van der Waals surface area (Å²) in [6.07, 6.45) is 1.76. The molecule has 39 heavy (non-hydrogen) atoms. The van der Waals surface area contributed by atoms with Crippen LogP contribution >= 0.6 is 0 Å². The van der Waals surface area contributed by atoms with E-state index < -0.39 is 12.0 Å². The Balaban J connectivity index is 1.67. The number of aryl methyl sites for hydroxylation is 2. The molecule has 0 aliphatic rings. The first-order valence-electron chi connectivity index (χ1n) is 12.2. The number of methoxy groups -OCH3 is 2. The van der Waals surface area contributed by atoms with E-state index in [9.17, 15) is 9.90 Å². The number of carboxylic acids is 1. The summed E-state index contributed by atoms with van der Waals surface area (Å²) in [5.41, 5.74) is 4.92. The molecule has 4 rings (SSSR count). The summed E-state index contributed by atoms with van der Waals surface area (Å²) in [4.78, 5) is 23.2. The van der Waals surface area contributed by atoms with Crippen molar-refractivity contribution in [2.45, 2.75) is 26.3 Å². The first-order chi connectivity index (χ1) is 18.6. The smallest absolute Gasteiger partial charge is 0.326 e. The highest BCUT2D eigenvalue weighted by Crippen LogP contribution is 2.37. The Kier molecular flexibility index (Phi) is 7.93. The fourth-order valence-corrected chi connectivity index (χ4v) is 4.32. The number of ether oxygens (including phenoxy) is 2. The van der Waals surface area contributed by atoms with E-state index in [-0.39, 0.29) is 6.42 Å². The Bertz CT molecular complexity index is 1460. The molecule has 0 radical (unpaired) electrons. The van der Waals surface area contributed by atoms with Gasteiger partial charge in [0.05, 0.1) is 31.2 Å². The maximum absolute atomic E-state index is 12.4. The molecule has 3 heterocycles. The molecule has 2 N–H and O–H groups in total. The molecule has 0 amide bonds. The van der Waals surface area contributed by atoms with Crippen molar-refractivity contribution >= 4 is 17.7 Å². The average molecular weight is 533 g/mol. The second kappa shape index (κ2) is 11.3. The molecule has 204 valence electrons. The number of hydrogen-bond acceptors (Lipinski definition) is 10. The van der Waals surface area contributed by atoms with Gasteiger partial charge < -0.3 is 24.8 Å². The number of rotatable bonds is 10. The number of anilines is 2. The number of nitrogens with zero attached hydrogens (tertiary/aromatic N) is 7. The van der Waals surface area contributed by atoms with Crippen LogP contribution < -0.4 is 19.7 Å². The number of benzene rings is 1. The molecule has 0 fully saturated rings. The molecule has 3 aromatic heterocycles. The van der Waals surface area contributed by atoms with E-state index in [4.69, 9.17) is 9.47 Å². The van der Waals surface area contributed by atoms with Gasteiger partial charge in [0.1, 0.15) is 29.1 Å². The van der Waals surface area contributed by atoms with Gasteiger partial charge >= 0.3 is 5.97 Å². The Morgan fingerprint density at radius 1 is 1.08 bits per heavy atom. The molecule has 0 spiro atoms. The highest BCUT2D eigenvalue weighted by molar-refractivity contribution is 5.83. The van der Waals surface area contributed by atoms with E-state index in [1.807, 2.05) is 53.2 Å². The third-order valence-corrected chi connectivity index (χ3v) is 6.38. The van der Waals surface area contributed by atoms with E-state index in [1.165, 1.54) is 0 Å². The van der Waals surface area contributed by atoms with Gasteiger partial charge in [-0.1, -0.05) is 6.07 Å². The van der Waals surface area contributed by atoms with Gasteiger partial charge in [0, 0.05) is 50.6 Å². The Labute approximate surface area is 226 Å². The number of hydrogen-bond donors (Lipinski definition) is 2. The van der Waals surface area contributed by atoms with Crippen molar-refractivity contribution in [1.82, 2.24) is 29.9 Å². The molecule has 1 atom stereocenters. The van der Waals surface area contributed by atoms with Crippen molar-refractivity contribution in [3.8, 4) is 33.9 Å². The van der Waals surface area contributed by atoms with Crippen molar-refractivity contribution in [2.75, 3.05) is 38.5 Å². The lowest BCUT2D eigenvalue weighted by Gasteiger charge is -2.19. The molecule has 0 saturated heterocycles. The molecular formula is C27H32N8O4. The van der Waals surface area contributed by atoms with Crippen molar-refractivity contribution in [2.24, 2.45) is 7.05 Å². The lowest BCUT2D eigenvalue weighted by molar-refractivity contribution is -0.137. The average Bonchev–Trinajstić information content (AvgIpc) is 3.18. The topological polar surface area (TPSA) is 140 Å². The molecule has 0 bridgehead atoms. The summed E-state index contributed by atoms with van der Waals surface area (Å²) < 4.78 is 12.7. The molecule has 0 aliphatic heterocycles. The highest BCUT2D eigenvalue weighted by atomic mass is 16.5. The molecule has 4 aromatic rings. The number of aliphatic carboxylic acids is 1. The second-order valence-corrected chi connectivity index (χ2v) is 9.18. The van der Waals surface area contributed by atoms with Crippen molar-refractivity contribution < 1.29 is 19.4 Å². The number of nitrogens with one attached hydrogen (secondary N) is 1. The standard InChI is InChI=1S/C27H32N8O4/c1-15-23(16(2)35(5)33-15)18-14-28-27(34(3)4)30-25(18)29-20(26(36)37)13-17-11-12-19(32-31-17)24-21(38-6)9-8-10-22(24)39-7/h8-12,14,20H,13H2,1-7H3,(H,36,37)(H,28,29,30)/t20-/m0/s1. The van der Waals surface area contributed by atoms with Crippen LogP contribution in [-0.4, -0.2) is 75.4 Å². The Morgan fingerprint density at radius 2 is 1.77 bits per heavy atom. The third-order valence-electron chi connectivity index (χ3n) is 6.38. The maximum atomic E-state index is 12.4. The number of carbonyl (C=O) groups is 1. The van der Waals surface area contributed by atoms with Gasteiger partial charge in [-0.05, 0) is 38.1 Å². The van der Waals surface area contributed by atoms with Crippen LogP contribution in [0.2, 0.25) is 0 Å². The van der Waals surface area contributed by atoms with Crippen LogP contribution in [0.15, 0.2) is 36.5 Å². The zero-order valence-corrected chi connectivity index (χ0v) is 23.1. The molecule has 1 aromatic carbocycles. The highest BCUT2D eigenvalue weighted by Gasteiger charge is 2.25. The van der Waals surface area contributed by atoms with Crippen LogP contribution in [0.4, 0.5) is 11.8 Å². The minimum Gasteiger partial charge on any atom is -0.496 e. The number of aromatic nitrogens is 6. The van der Waals surface area contributed by atoms with E-state index in [0.717, 1.165) is 17.0 Å². The van der Waals surface area contributed by atoms with Gasteiger partial charge in [0.25, 0.3) is 0 Å². The van der Waals surface area contributed by atoms with Gasteiger partial charge in [0.2, 0.25) is 5.95 Å². The van der Waals surface area contributed by atoms with Gasteiger partial charge in [0.15, 0.2) is 0 Å². The zero-order chi connectivity index (χ0) is 28.3. The summed E-state index contributed by atoms with van der Waals surface area (Å²) in [6.45, 7) is 3.84. The quantitative estimate of drug-likeness (QED) is 0.311. The lowest BCUT2D eigenvalue weighted by Crippen LogP contribution is -2.33. The predicted octanol–water partition coefficient (Wildman–Crippen LogP) is 3.14. The van der Waals surface area contributed by atoms with Crippen LogP contribution in [0.3, 0.4) is 0 Å². The monoisotopic (exact) mass is 532 g/mol. The fraction of sp³-hybridized carbons (Fsp3) is 0.333. The third kappa shape index (κ3) is 5.59. The molecule has 0 unspecified atom stereocenters. The molecule has 12 nitrogen and oxygen atoms in total. The van der Waals surface area contributed by atoms with Crippen LogP contribution in [-0.2, 0) is 18.3 Å². The largest absolute Gasteiger partial charge is 0.496 e. The van der Waals surface area contributed by atoms with Crippen LogP contribution in [0.25, 0.3) is 22.4 Å². The molecule has 0 aliphatic carbocycles. The molecule has 12 heteroatoms. The first-order valence-corrected chi connectivity index (χ1v) is 12.2. The van der Waals surface area contributed by atoms with E-state index >= 15 is 0 Å². The maximum Gasteiger partial charge on any atom is 0.326 e. The van der Waals surface area contributed by atoms with Gasteiger partial charge in [-0.2, -0.15) is 15.2 Å².